The van der Waals surface area contributed by atoms with E-state index in [1.54, 1.807) is 18.3 Å². The minimum absolute atomic E-state index is 0.156. The lowest BCUT2D eigenvalue weighted by molar-refractivity contribution is -0.137. The number of carbonyl (C=O) groups excluding carboxylic acids is 1. The number of nitrogens with zero attached hydrogens (tertiary/aromatic N) is 3. The third-order valence-electron chi connectivity index (χ3n) is 6.97. The molecule has 38 heavy (non-hydrogen) atoms. The van der Waals surface area contributed by atoms with Gasteiger partial charge < -0.3 is 10.2 Å². The van der Waals surface area contributed by atoms with E-state index in [1.807, 2.05) is 37.5 Å². The first-order valence-electron chi connectivity index (χ1n) is 13.2. The number of likely N-dealkylation sites (N-methyl/N-ethyl adjacent to an activating group) is 1. The van der Waals surface area contributed by atoms with Crippen LogP contribution in [-0.4, -0.2) is 53.9 Å². The van der Waals surface area contributed by atoms with Crippen molar-refractivity contribution in [2.45, 2.75) is 45.3 Å². The molecule has 0 bridgehead atoms. The molecule has 1 N–H and O–H groups in total. The summed E-state index contributed by atoms with van der Waals surface area (Å²) >= 11 is 0. The Bertz CT molecular complexity index is 1220. The molecule has 1 amide bonds. The van der Waals surface area contributed by atoms with Crippen LogP contribution >= 0.6 is 0 Å². The van der Waals surface area contributed by atoms with Crippen LogP contribution in [0.2, 0.25) is 0 Å². The number of aryl methyl sites for hydroxylation is 3. The molecule has 2 heterocycles. The molecule has 1 fully saturated rings. The normalized spacial score (nSPS) is 15.0. The van der Waals surface area contributed by atoms with Gasteiger partial charge in [-0.05, 0) is 85.0 Å². The van der Waals surface area contributed by atoms with Crippen LogP contribution in [0.15, 0.2) is 60.9 Å². The molecule has 8 heteroatoms. The van der Waals surface area contributed by atoms with Crippen molar-refractivity contribution in [1.29, 1.82) is 0 Å². The minimum Gasteiger partial charge on any atom is -0.322 e. The molecule has 1 aliphatic heterocycles. The number of benzene rings is 2. The highest BCUT2D eigenvalue weighted by Gasteiger charge is 2.31. The number of pyridine rings is 1. The lowest BCUT2D eigenvalue weighted by Crippen LogP contribution is -2.43. The fourth-order valence-electron chi connectivity index (χ4n) is 4.82. The molecule has 0 unspecified atom stereocenters. The van der Waals surface area contributed by atoms with Crippen molar-refractivity contribution >= 4 is 11.6 Å². The van der Waals surface area contributed by atoms with Gasteiger partial charge in [0, 0.05) is 56.4 Å². The molecule has 0 aliphatic carbocycles. The number of nitrogens with one attached hydrogen (secondary N) is 1. The molecule has 1 saturated heterocycles. The Labute approximate surface area is 222 Å². The third-order valence-corrected chi connectivity index (χ3v) is 6.97. The third kappa shape index (κ3) is 7.65. The van der Waals surface area contributed by atoms with Crippen molar-refractivity contribution in [1.82, 2.24) is 14.8 Å². The smallest absolute Gasteiger partial charge is 0.322 e. The number of halogens is 3. The molecule has 5 nitrogen and oxygen atoms in total. The Morgan fingerprint density at radius 2 is 1.74 bits per heavy atom. The number of aromatic nitrogens is 1. The van der Waals surface area contributed by atoms with E-state index >= 15 is 0 Å². The summed E-state index contributed by atoms with van der Waals surface area (Å²) in [5, 5.41) is 2.73. The molecule has 1 aromatic heterocycles. The van der Waals surface area contributed by atoms with Gasteiger partial charge in [-0.3, -0.25) is 14.7 Å². The van der Waals surface area contributed by atoms with Crippen molar-refractivity contribution in [3.05, 3.63) is 94.3 Å². The standard InChI is InChI=1S/C30H35F3N4O/c1-3-5-24-9-10-26(18-25(24)8-7-22-6-4-11-34-20-22)29(38)35-28-17-23(16-27(19-28)30(31,32)33)21-37-14-12-36(2)13-15-37/h4,6,9-11,16-20H,3,5,7-8,12-15,21H2,1-2H3,(H,35,38). The highest BCUT2D eigenvalue weighted by Crippen LogP contribution is 2.32. The predicted molar refractivity (Wildman–Crippen MR) is 144 cm³/mol. The summed E-state index contributed by atoms with van der Waals surface area (Å²) in [7, 11) is 2.04. The van der Waals surface area contributed by atoms with Gasteiger partial charge in [0.25, 0.3) is 5.91 Å². The van der Waals surface area contributed by atoms with E-state index in [4.69, 9.17) is 0 Å². The number of anilines is 1. The topological polar surface area (TPSA) is 48.5 Å². The number of hydrogen-bond donors (Lipinski definition) is 1. The molecule has 0 spiro atoms. The van der Waals surface area contributed by atoms with Crippen LogP contribution in [0.5, 0.6) is 0 Å². The first kappa shape index (κ1) is 27.8. The van der Waals surface area contributed by atoms with E-state index in [-0.39, 0.29) is 5.69 Å². The number of carbonyl (C=O) groups is 1. The number of hydrogen-bond acceptors (Lipinski definition) is 4. The number of amides is 1. The van der Waals surface area contributed by atoms with E-state index in [1.165, 1.54) is 11.6 Å². The zero-order chi connectivity index (χ0) is 27.1. The fourth-order valence-corrected chi connectivity index (χ4v) is 4.82. The molecule has 3 aromatic rings. The van der Waals surface area contributed by atoms with E-state index in [0.717, 1.165) is 69.1 Å². The number of rotatable bonds is 9. The average molecular weight is 525 g/mol. The Hall–Kier alpha value is -3.23. The lowest BCUT2D eigenvalue weighted by Gasteiger charge is -2.32. The second kappa shape index (κ2) is 12.5. The van der Waals surface area contributed by atoms with Crippen LogP contribution in [0.1, 0.15) is 51.5 Å². The summed E-state index contributed by atoms with van der Waals surface area (Å²) in [6.45, 7) is 5.85. The van der Waals surface area contributed by atoms with E-state index in [9.17, 15) is 18.0 Å². The molecule has 0 saturated carbocycles. The highest BCUT2D eigenvalue weighted by atomic mass is 19.4. The summed E-state index contributed by atoms with van der Waals surface area (Å²) in [5.74, 6) is -0.416. The van der Waals surface area contributed by atoms with E-state index < -0.39 is 17.6 Å². The van der Waals surface area contributed by atoms with Crippen LogP contribution < -0.4 is 5.32 Å². The Balaban J connectivity index is 1.53. The molecule has 2 aromatic carbocycles. The summed E-state index contributed by atoms with van der Waals surface area (Å²) in [5.41, 5.74) is 3.74. The van der Waals surface area contributed by atoms with Gasteiger partial charge >= 0.3 is 6.18 Å². The Morgan fingerprint density at radius 1 is 0.947 bits per heavy atom. The van der Waals surface area contributed by atoms with Gasteiger partial charge in [-0.2, -0.15) is 13.2 Å². The number of piperazine rings is 1. The fraction of sp³-hybridized carbons (Fsp3) is 0.400. The summed E-state index contributed by atoms with van der Waals surface area (Å²) < 4.78 is 41.1. The van der Waals surface area contributed by atoms with Gasteiger partial charge in [0.05, 0.1) is 5.56 Å². The van der Waals surface area contributed by atoms with Crippen molar-refractivity contribution in [3.63, 3.8) is 0 Å². The summed E-state index contributed by atoms with van der Waals surface area (Å²) in [4.78, 5) is 21.7. The van der Waals surface area contributed by atoms with Gasteiger partial charge in [0.2, 0.25) is 0 Å². The maximum absolute atomic E-state index is 13.7. The summed E-state index contributed by atoms with van der Waals surface area (Å²) in [6, 6.07) is 13.4. The van der Waals surface area contributed by atoms with Crippen LogP contribution in [0.25, 0.3) is 0 Å². The lowest BCUT2D eigenvalue weighted by atomic mass is 9.95. The van der Waals surface area contributed by atoms with Gasteiger partial charge in [-0.1, -0.05) is 25.5 Å². The molecule has 202 valence electrons. The quantitative estimate of drug-likeness (QED) is 0.382. The molecular weight excluding hydrogens is 489 g/mol. The zero-order valence-electron chi connectivity index (χ0n) is 22.0. The maximum Gasteiger partial charge on any atom is 0.416 e. The number of alkyl halides is 3. The molecule has 4 rings (SSSR count). The van der Waals surface area contributed by atoms with Crippen LogP contribution in [0.4, 0.5) is 18.9 Å². The Kier molecular flexibility index (Phi) is 9.17. The predicted octanol–water partition coefficient (Wildman–Crippen LogP) is 5.84. The molecule has 0 radical (unpaired) electrons. The van der Waals surface area contributed by atoms with Gasteiger partial charge in [-0.15, -0.1) is 0 Å². The van der Waals surface area contributed by atoms with Crippen molar-refractivity contribution in [2.75, 3.05) is 38.5 Å². The average Bonchev–Trinajstić information content (AvgIpc) is 2.89. The first-order chi connectivity index (χ1) is 18.2. The van der Waals surface area contributed by atoms with Crippen LogP contribution in [0.3, 0.4) is 0 Å². The van der Waals surface area contributed by atoms with Crippen molar-refractivity contribution in [3.8, 4) is 0 Å². The minimum atomic E-state index is -4.50. The van der Waals surface area contributed by atoms with E-state index in [0.29, 0.717) is 17.7 Å². The monoisotopic (exact) mass is 524 g/mol. The van der Waals surface area contributed by atoms with Crippen LogP contribution in [-0.2, 0) is 32.0 Å². The van der Waals surface area contributed by atoms with E-state index in [2.05, 4.69) is 27.0 Å². The Morgan fingerprint density at radius 3 is 2.42 bits per heavy atom. The molecule has 1 aliphatic rings. The highest BCUT2D eigenvalue weighted by molar-refractivity contribution is 6.04. The van der Waals surface area contributed by atoms with Gasteiger partial charge in [-0.25, -0.2) is 0 Å². The molecular formula is C30H35F3N4O. The molecule has 0 atom stereocenters. The zero-order valence-corrected chi connectivity index (χ0v) is 22.0. The first-order valence-corrected chi connectivity index (χ1v) is 13.2. The van der Waals surface area contributed by atoms with Crippen molar-refractivity contribution in [2.24, 2.45) is 0 Å². The summed E-state index contributed by atoms with van der Waals surface area (Å²) in [6.07, 6.45) is 2.49. The second-order valence-electron chi connectivity index (χ2n) is 10.0. The van der Waals surface area contributed by atoms with Gasteiger partial charge in [0.1, 0.15) is 0 Å². The SMILES string of the molecule is CCCc1ccc(C(=O)Nc2cc(CN3CCN(C)CC3)cc(C(F)(F)F)c2)cc1CCc1cccnc1. The second-order valence-corrected chi connectivity index (χ2v) is 10.0. The van der Waals surface area contributed by atoms with Crippen LogP contribution in [0, 0.1) is 0 Å². The largest absolute Gasteiger partial charge is 0.416 e. The van der Waals surface area contributed by atoms with Gasteiger partial charge in [0.15, 0.2) is 0 Å². The maximum atomic E-state index is 13.7. The van der Waals surface area contributed by atoms with Crippen molar-refractivity contribution < 1.29 is 18.0 Å².